The Balaban J connectivity index is 2.23. The second-order valence-electron chi connectivity index (χ2n) is 4.56. The van der Waals surface area contributed by atoms with Gasteiger partial charge in [0.1, 0.15) is 11.7 Å². The van der Waals surface area contributed by atoms with Gasteiger partial charge in [-0.2, -0.15) is 0 Å². The molecule has 0 spiro atoms. The highest BCUT2D eigenvalue weighted by atomic mass is 16.5. The Bertz CT molecular complexity index is 672. The van der Waals surface area contributed by atoms with Crippen LogP contribution in [0.15, 0.2) is 36.4 Å². The maximum atomic E-state index is 12.1. The Kier molecular flexibility index (Phi) is 4.46. The van der Waals surface area contributed by atoms with Gasteiger partial charge < -0.3 is 10.4 Å². The summed E-state index contributed by atoms with van der Waals surface area (Å²) in [6.45, 7) is 1.33. The number of carbonyl (C=O) groups excluding carboxylic acids is 2. The first kappa shape index (κ1) is 14.9. The number of aliphatic hydroxyl groups is 1. The number of nitrogens with zero attached hydrogens (tertiary/aromatic N) is 1. The molecule has 4 N–H and O–H groups in total. The van der Waals surface area contributed by atoms with E-state index in [9.17, 15) is 14.7 Å². The third kappa shape index (κ3) is 3.33. The Labute approximate surface area is 120 Å². The molecule has 0 saturated heterocycles. The van der Waals surface area contributed by atoms with E-state index in [0.29, 0.717) is 5.52 Å². The lowest BCUT2D eigenvalue weighted by molar-refractivity contribution is -0.133. The van der Waals surface area contributed by atoms with Gasteiger partial charge in [-0.05, 0) is 19.1 Å². The van der Waals surface area contributed by atoms with Crippen LogP contribution in [-0.2, 0) is 4.79 Å². The van der Waals surface area contributed by atoms with Crippen LogP contribution in [0.4, 0.5) is 0 Å². The number of hydrogen-bond donors (Lipinski definition) is 4. The average Bonchev–Trinajstić information content (AvgIpc) is 2.50. The number of carbonyl (C=O) groups is 2. The van der Waals surface area contributed by atoms with Crippen molar-refractivity contribution in [1.82, 2.24) is 15.8 Å². The first-order valence-corrected chi connectivity index (χ1v) is 6.31. The molecule has 7 nitrogen and oxygen atoms in total. The maximum absolute atomic E-state index is 12.1. The van der Waals surface area contributed by atoms with Crippen LogP contribution in [0.25, 0.3) is 10.9 Å². The van der Waals surface area contributed by atoms with Gasteiger partial charge in [0, 0.05) is 5.39 Å². The third-order valence-electron chi connectivity index (χ3n) is 2.99. The Hall–Kier alpha value is -2.51. The molecule has 0 saturated carbocycles. The SMILES string of the molecule is C[C@@H](O)[C@H](NC(=O)c1ccc2ccccc2n1)C(=O)NO. The molecule has 0 fully saturated rings. The first-order valence-electron chi connectivity index (χ1n) is 6.31. The molecule has 0 aliphatic rings. The van der Waals surface area contributed by atoms with Crippen LogP contribution in [0.3, 0.4) is 0 Å². The van der Waals surface area contributed by atoms with Crippen molar-refractivity contribution in [2.75, 3.05) is 0 Å². The molecule has 0 radical (unpaired) electrons. The minimum atomic E-state index is -1.27. The van der Waals surface area contributed by atoms with Crippen LogP contribution in [-0.4, -0.2) is 39.3 Å². The fraction of sp³-hybridized carbons (Fsp3) is 0.214. The van der Waals surface area contributed by atoms with Crippen molar-refractivity contribution >= 4 is 22.7 Å². The number of fused-ring (bicyclic) bond motifs is 1. The summed E-state index contributed by atoms with van der Waals surface area (Å²) in [6, 6.07) is 9.28. The molecule has 0 unspecified atom stereocenters. The number of aliphatic hydroxyl groups excluding tert-OH is 1. The minimum absolute atomic E-state index is 0.116. The van der Waals surface area contributed by atoms with E-state index in [1.165, 1.54) is 18.5 Å². The summed E-state index contributed by atoms with van der Waals surface area (Å²) in [5.41, 5.74) is 2.16. The lowest BCUT2D eigenvalue weighted by atomic mass is 10.1. The van der Waals surface area contributed by atoms with Crippen molar-refractivity contribution in [2.24, 2.45) is 0 Å². The summed E-state index contributed by atoms with van der Waals surface area (Å²) in [4.78, 5) is 27.6. The summed E-state index contributed by atoms with van der Waals surface area (Å²) in [5.74, 6) is -1.52. The number of benzene rings is 1. The molecule has 110 valence electrons. The van der Waals surface area contributed by atoms with Gasteiger partial charge in [0.05, 0.1) is 11.6 Å². The van der Waals surface area contributed by atoms with Gasteiger partial charge >= 0.3 is 0 Å². The number of amides is 2. The number of rotatable bonds is 4. The second kappa shape index (κ2) is 6.29. The van der Waals surface area contributed by atoms with E-state index in [1.54, 1.807) is 18.2 Å². The number of hydroxylamine groups is 1. The number of aromatic nitrogens is 1. The van der Waals surface area contributed by atoms with Gasteiger partial charge in [0.2, 0.25) is 0 Å². The van der Waals surface area contributed by atoms with E-state index in [-0.39, 0.29) is 5.69 Å². The number of nitrogens with one attached hydrogen (secondary N) is 2. The minimum Gasteiger partial charge on any atom is -0.391 e. The normalized spacial score (nSPS) is 13.5. The predicted molar refractivity (Wildman–Crippen MR) is 74.6 cm³/mol. The van der Waals surface area contributed by atoms with Crippen LogP contribution < -0.4 is 10.8 Å². The molecule has 2 rings (SSSR count). The number of hydrogen-bond acceptors (Lipinski definition) is 5. The van der Waals surface area contributed by atoms with Crippen LogP contribution in [0.5, 0.6) is 0 Å². The van der Waals surface area contributed by atoms with E-state index in [1.807, 2.05) is 12.1 Å². The van der Waals surface area contributed by atoms with E-state index in [4.69, 9.17) is 5.21 Å². The molecule has 2 aromatic rings. The Morgan fingerprint density at radius 2 is 1.90 bits per heavy atom. The van der Waals surface area contributed by atoms with Gasteiger partial charge in [-0.3, -0.25) is 14.8 Å². The molecular weight excluding hydrogens is 274 g/mol. The number of pyridine rings is 1. The molecule has 1 aromatic heterocycles. The largest absolute Gasteiger partial charge is 0.391 e. The van der Waals surface area contributed by atoms with Gasteiger partial charge in [0.25, 0.3) is 11.8 Å². The summed E-state index contributed by atoms with van der Waals surface area (Å²) >= 11 is 0. The highest BCUT2D eigenvalue weighted by molar-refractivity contribution is 5.97. The van der Waals surface area contributed by atoms with Gasteiger partial charge in [-0.15, -0.1) is 0 Å². The van der Waals surface area contributed by atoms with E-state index in [2.05, 4.69) is 10.3 Å². The summed E-state index contributed by atoms with van der Waals surface area (Å²) in [6.07, 6.45) is -1.17. The van der Waals surface area contributed by atoms with Gasteiger partial charge in [-0.25, -0.2) is 10.5 Å². The molecule has 0 aliphatic carbocycles. The average molecular weight is 289 g/mol. The van der Waals surface area contributed by atoms with Crippen molar-refractivity contribution in [1.29, 1.82) is 0 Å². The van der Waals surface area contributed by atoms with Crippen molar-refractivity contribution in [3.05, 3.63) is 42.1 Å². The monoisotopic (exact) mass is 289 g/mol. The smallest absolute Gasteiger partial charge is 0.270 e. The van der Waals surface area contributed by atoms with E-state index in [0.717, 1.165) is 5.39 Å². The topological polar surface area (TPSA) is 112 Å². The summed E-state index contributed by atoms with van der Waals surface area (Å²) < 4.78 is 0. The zero-order chi connectivity index (χ0) is 15.4. The van der Waals surface area contributed by atoms with E-state index < -0.39 is 24.0 Å². The molecule has 2 amide bonds. The van der Waals surface area contributed by atoms with Crippen molar-refractivity contribution < 1.29 is 19.9 Å². The standard InChI is InChI=1S/C14H15N3O4/c1-8(18)12(14(20)17-21)16-13(19)11-7-6-9-4-2-3-5-10(9)15-11/h2-8,12,18,21H,1H3,(H,16,19)(H,17,20)/t8-,12+/m1/s1. The molecule has 1 heterocycles. The first-order chi connectivity index (χ1) is 10.0. The molecule has 21 heavy (non-hydrogen) atoms. The van der Waals surface area contributed by atoms with Crippen LogP contribution in [0, 0.1) is 0 Å². The quantitative estimate of drug-likeness (QED) is 0.475. The zero-order valence-corrected chi connectivity index (χ0v) is 11.3. The summed E-state index contributed by atoms with van der Waals surface area (Å²) in [7, 11) is 0. The zero-order valence-electron chi connectivity index (χ0n) is 11.3. The van der Waals surface area contributed by atoms with E-state index >= 15 is 0 Å². The molecular formula is C14H15N3O4. The molecule has 0 bridgehead atoms. The maximum Gasteiger partial charge on any atom is 0.270 e. The Morgan fingerprint density at radius 3 is 2.57 bits per heavy atom. The van der Waals surface area contributed by atoms with Crippen molar-refractivity contribution in [2.45, 2.75) is 19.1 Å². The van der Waals surface area contributed by atoms with Gasteiger partial charge in [-0.1, -0.05) is 24.3 Å². The third-order valence-corrected chi connectivity index (χ3v) is 2.99. The highest BCUT2D eigenvalue weighted by Gasteiger charge is 2.26. The van der Waals surface area contributed by atoms with Crippen molar-refractivity contribution in [3.63, 3.8) is 0 Å². The highest BCUT2D eigenvalue weighted by Crippen LogP contribution is 2.11. The predicted octanol–water partition coefficient (Wildman–Crippen LogP) is 0.219. The number of para-hydroxylation sites is 1. The second-order valence-corrected chi connectivity index (χ2v) is 4.56. The lowest BCUT2D eigenvalue weighted by Gasteiger charge is -2.18. The fourth-order valence-corrected chi connectivity index (χ4v) is 1.88. The Morgan fingerprint density at radius 1 is 1.19 bits per heavy atom. The lowest BCUT2D eigenvalue weighted by Crippen LogP contribution is -2.51. The van der Waals surface area contributed by atoms with Crippen molar-refractivity contribution in [3.8, 4) is 0 Å². The summed E-state index contributed by atoms with van der Waals surface area (Å²) in [5, 5.41) is 21.3. The fourth-order valence-electron chi connectivity index (χ4n) is 1.88. The van der Waals surface area contributed by atoms with Crippen LogP contribution in [0.2, 0.25) is 0 Å². The molecule has 1 aromatic carbocycles. The van der Waals surface area contributed by atoms with Crippen LogP contribution >= 0.6 is 0 Å². The molecule has 0 aliphatic heterocycles. The molecule has 7 heteroatoms. The van der Waals surface area contributed by atoms with Crippen LogP contribution in [0.1, 0.15) is 17.4 Å². The van der Waals surface area contributed by atoms with Gasteiger partial charge in [0.15, 0.2) is 0 Å². The molecule has 2 atom stereocenters.